The zero-order valence-electron chi connectivity index (χ0n) is 8.17. The van der Waals surface area contributed by atoms with Gasteiger partial charge in [0.2, 0.25) is 5.91 Å². The maximum absolute atomic E-state index is 10.7. The van der Waals surface area contributed by atoms with Crippen molar-refractivity contribution in [3.8, 4) is 0 Å². The average Bonchev–Trinajstić information content (AvgIpc) is 2.07. The number of benzene rings is 1. The summed E-state index contributed by atoms with van der Waals surface area (Å²) < 4.78 is 0. The molecule has 74 valence electrons. The molecule has 0 saturated heterocycles. The zero-order chi connectivity index (χ0) is 10.6. The molecule has 0 spiro atoms. The van der Waals surface area contributed by atoms with Gasteiger partial charge in [-0.3, -0.25) is 4.79 Å². The lowest BCUT2D eigenvalue weighted by Gasteiger charge is -2.01. The molecule has 0 radical (unpaired) electrons. The molecular formula is C11H12ClNO. The van der Waals surface area contributed by atoms with Crippen LogP contribution in [-0.2, 0) is 4.79 Å². The number of hydrogen-bond donors (Lipinski definition) is 1. The van der Waals surface area contributed by atoms with Gasteiger partial charge < -0.3 is 5.32 Å². The fourth-order valence-corrected chi connectivity index (χ4v) is 1.25. The molecule has 0 atom stereocenters. The summed E-state index contributed by atoms with van der Waals surface area (Å²) in [5, 5.41) is 3.40. The van der Waals surface area contributed by atoms with Crippen LogP contribution in [0.3, 0.4) is 0 Å². The third kappa shape index (κ3) is 3.62. The Morgan fingerprint density at radius 2 is 1.86 bits per heavy atom. The third-order valence-corrected chi connectivity index (χ3v) is 1.88. The molecule has 1 aromatic carbocycles. The van der Waals surface area contributed by atoms with Gasteiger partial charge in [-0.25, -0.2) is 0 Å². The number of halogens is 1. The largest absolute Gasteiger partial charge is 0.330 e. The molecule has 1 aromatic rings. The van der Waals surface area contributed by atoms with Crippen molar-refractivity contribution >= 4 is 23.6 Å². The summed E-state index contributed by atoms with van der Waals surface area (Å²) >= 11 is 5.74. The van der Waals surface area contributed by atoms with Crippen LogP contribution in [0.5, 0.6) is 0 Å². The minimum absolute atomic E-state index is 0.0623. The van der Waals surface area contributed by atoms with E-state index in [2.05, 4.69) is 5.32 Å². The normalized spacial score (nSPS) is 11.2. The van der Waals surface area contributed by atoms with Crippen LogP contribution in [0, 0.1) is 0 Å². The highest BCUT2D eigenvalue weighted by Crippen LogP contribution is 2.11. The molecule has 0 aromatic heterocycles. The molecule has 0 aliphatic heterocycles. The molecule has 2 nitrogen and oxygen atoms in total. The van der Waals surface area contributed by atoms with Gasteiger partial charge in [0.15, 0.2) is 0 Å². The van der Waals surface area contributed by atoms with E-state index in [0.717, 1.165) is 11.3 Å². The second-order valence-electron chi connectivity index (χ2n) is 3.06. The van der Waals surface area contributed by atoms with Crippen molar-refractivity contribution in [1.82, 2.24) is 5.32 Å². The Morgan fingerprint density at radius 3 is 2.36 bits per heavy atom. The van der Waals surface area contributed by atoms with E-state index in [1.807, 2.05) is 37.3 Å². The van der Waals surface area contributed by atoms with Crippen molar-refractivity contribution in [2.45, 2.75) is 13.8 Å². The van der Waals surface area contributed by atoms with Gasteiger partial charge in [0.1, 0.15) is 0 Å². The molecule has 0 saturated carbocycles. The molecule has 0 aliphatic carbocycles. The number of rotatable bonds is 2. The van der Waals surface area contributed by atoms with E-state index in [0.29, 0.717) is 5.02 Å². The van der Waals surface area contributed by atoms with Gasteiger partial charge in [0.25, 0.3) is 0 Å². The molecular weight excluding hydrogens is 198 g/mol. The lowest BCUT2D eigenvalue weighted by molar-refractivity contribution is -0.118. The van der Waals surface area contributed by atoms with E-state index < -0.39 is 0 Å². The second-order valence-corrected chi connectivity index (χ2v) is 3.50. The fraction of sp³-hybridized carbons (Fsp3) is 0.182. The number of allylic oxidation sites excluding steroid dienone is 1. The minimum atomic E-state index is -0.0623. The van der Waals surface area contributed by atoms with E-state index in [4.69, 9.17) is 11.6 Å². The van der Waals surface area contributed by atoms with Crippen molar-refractivity contribution in [3.05, 3.63) is 40.5 Å². The van der Waals surface area contributed by atoms with Crippen LogP contribution in [0.1, 0.15) is 19.4 Å². The predicted molar refractivity (Wildman–Crippen MR) is 58.9 cm³/mol. The third-order valence-electron chi connectivity index (χ3n) is 1.63. The summed E-state index contributed by atoms with van der Waals surface area (Å²) in [7, 11) is 0. The van der Waals surface area contributed by atoms with Crippen molar-refractivity contribution in [2.24, 2.45) is 0 Å². The van der Waals surface area contributed by atoms with E-state index in [-0.39, 0.29) is 5.91 Å². The van der Waals surface area contributed by atoms with Gasteiger partial charge in [-0.1, -0.05) is 23.7 Å². The maximum Gasteiger partial charge on any atom is 0.220 e. The van der Waals surface area contributed by atoms with E-state index in [1.54, 1.807) is 0 Å². The average molecular weight is 210 g/mol. The lowest BCUT2D eigenvalue weighted by atomic mass is 10.2. The summed E-state index contributed by atoms with van der Waals surface area (Å²) in [5.41, 5.74) is 1.83. The highest BCUT2D eigenvalue weighted by atomic mass is 35.5. The molecule has 1 amide bonds. The summed E-state index contributed by atoms with van der Waals surface area (Å²) in [5.74, 6) is -0.0623. The van der Waals surface area contributed by atoms with Crippen LogP contribution in [0.25, 0.3) is 6.08 Å². The zero-order valence-corrected chi connectivity index (χ0v) is 8.93. The molecule has 0 heterocycles. The standard InChI is InChI=1S/C11H12ClNO/c1-8(13-9(2)14)7-10-3-5-11(12)6-4-10/h3-7H,1-2H3,(H,13,14)/b8-7+. The fourth-order valence-electron chi connectivity index (χ4n) is 1.12. The van der Waals surface area contributed by atoms with Crippen LogP contribution in [-0.4, -0.2) is 5.91 Å². The van der Waals surface area contributed by atoms with Gasteiger partial charge in [-0.2, -0.15) is 0 Å². The van der Waals surface area contributed by atoms with Crippen LogP contribution in [0.15, 0.2) is 30.0 Å². The Hall–Kier alpha value is -1.28. The van der Waals surface area contributed by atoms with Crippen LogP contribution in [0.2, 0.25) is 5.02 Å². The van der Waals surface area contributed by atoms with Gasteiger partial charge in [0, 0.05) is 17.6 Å². The highest BCUT2D eigenvalue weighted by Gasteiger charge is 1.93. The Kier molecular flexibility index (Phi) is 3.72. The lowest BCUT2D eigenvalue weighted by Crippen LogP contribution is -2.16. The van der Waals surface area contributed by atoms with Gasteiger partial charge in [0.05, 0.1) is 0 Å². The van der Waals surface area contributed by atoms with E-state index in [9.17, 15) is 4.79 Å². The first-order valence-corrected chi connectivity index (χ1v) is 4.67. The summed E-state index contributed by atoms with van der Waals surface area (Å²) in [6, 6.07) is 7.42. The number of hydrogen-bond acceptors (Lipinski definition) is 1. The molecule has 3 heteroatoms. The SMILES string of the molecule is CC(=O)N/C(C)=C/c1ccc(Cl)cc1. The molecule has 0 aliphatic rings. The topological polar surface area (TPSA) is 29.1 Å². The first-order valence-electron chi connectivity index (χ1n) is 4.29. The molecule has 0 bridgehead atoms. The van der Waals surface area contributed by atoms with Gasteiger partial charge >= 0.3 is 0 Å². The van der Waals surface area contributed by atoms with Gasteiger partial charge in [-0.05, 0) is 30.7 Å². The molecule has 14 heavy (non-hydrogen) atoms. The quantitative estimate of drug-likeness (QED) is 0.798. The van der Waals surface area contributed by atoms with Gasteiger partial charge in [-0.15, -0.1) is 0 Å². The van der Waals surface area contributed by atoms with Crippen molar-refractivity contribution < 1.29 is 4.79 Å². The number of carbonyl (C=O) groups is 1. The predicted octanol–water partition coefficient (Wildman–Crippen LogP) is 2.84. The smallest absolute Gasteiger partial charge is 0.220 e. The monoisotopic (exact) mass is 209 g/mol. The highest BCUT2D eigenvalue weighted by molar-refractivity contribution is 6.30. The molecule has 1 N–H and O–H groups in total. The summed E-state index contributed by atoms with van der Waals surface area (Å²) in [6.07, 6.45) is 1.89. The second kappa shape index (κ2) is 4.82. The van der Waals surface area contributed by atoms with Crippen LogP contribution >= 0.6 is 11.6 Å². The van der Waals surface area contributed by atoms with Crippen LogP contribution in [0.4, 0.5) is 0 Å². The summed E-state index contributed by atoms with van der Waals surface area (Å²) in [4.78, 5) is 10.7. The number of carbonyl (C=O) groups excluding carboxylic acids is 1. The maximum atomic E-state index is 10.7. The first-order chi connectivity index (χ1) is 6.58. The minimum Gasteiger partial charge on any atom is -0.330 e. The Balaban J connectivity index is 2.76. The van der Waals surface area contributed by atoms with Crippen molar-refractivity contribution in [1.29, 1.82) is 0 Å². The molecule has 0 unspecified atom stereocenters. The Morgan fingerprint density at radius 1 is 1.29 bits per heavy atom. The van der Waals surface area contributed by atoms with E-state index in [1.165, 1.54) is 6.92 Å². The Labute approximate surface area is 88.6 Å². The Bertz CT molecular complexity index is 354. The van der Waals surface area contributed by atoms with Crippen molar-refractivity contribution in [3.63, 3.8) is 0 Å². The molecule has 1 rings (SSSR count). The number of nitrogens with one attached hydrogen (secondary N) is 1. The summed E-state index contributed by atoms with van der Waals surface area (Å²) in [6.45, 7) is 3.33. The van der Waals surface area contributed by atoms with Crippen molar-refractivity contribution in [2.75, 3.05) is 0 Å². The molecule has 0 fully saturated rings. The number of amides is 1. The van der Waals surface area contributed by atoms with E-state index >= 15 is 0 Å². The first kappa shape index (κ1) is 10.8. The van der Waals surface area contributed by atoms with Crippen LogP contribution < -0.4 is 5.32 Å².